The van der Waals surface area contributed by atoms with E-state index in [9.17, 15) is 13.2 Å². The number of hydrogen-bond donors (Lipinski definition) is 1. The highest BCUT2D eigenvalue weighted by molar-refractivity contribution is 7.92. The van der Waals surface area contributed by atoms with Crippen LogP contribution < -0.4 is 10.3 Å². The molecule has 0 bridgehead atoms. The Morgan fingerprint density at radius 1 is 1.41 bits per heavy atom. The van der Waals surface area contributed by atoms with Crippen LogP contribution in [0.25, 0.3) is 10.9 Å². The number of benzene rings is 1. The van der Waals surface area contributed by atoms with Crippen LogP contribution in [0, 0.1) is 0 Å². The minimum Gasteiger partial charge on any atom is -0.268 e. The predicted octanol–water partition coefficient (Wildman–Crippen LogP) is 0.763. The zero-order chi connectivity index (χ0) is 12.2. The molecule has 1 aromatic heterocycles. The summed E-state index contributed by atoms with van der Waals surface area (Å²) in [4.78, 5) is 16.1. The van der Waals surface area contributed by atoms with E-state index in [0.717, 1.165) is 4.57 Å². The Morgan fingerprint density at radius 2 is 2.18 bits per heavy atom. The van der Waals surface area contributed by atoms with E-state index >= 15 is 0 Å². The van der Waals surface area contributed by atoms with Gasteiger partial charge in [-0.05, 0) is 18.2 Å². The zero-order valence-corrected chi connectivity index (χ0v) is 9.92. The molecule has 0 saturated heterocycles. The number of nitrogens with one attached hydrogen (secondary N) is 1. The maximum Gasteiger partial charge on any atom is 0.263 e. The molecule has 88 valence electrons. The molecular weight excluding hydrogens is 266 g/mol. The van der Waals surface area contributed by atoms with Crippen molar-refractivity contribution in [2.75, 3.05) is 4.72 Å². The maximum absolute atomic E-state index is 12.0. The van der Waals surface area contributed by atoms with E-state index in [4.69, 9.17) is 11.6 Å². The van der Waals surface area contributed by atoms with Gasteiger partial charge in [0, 0.05) is 5.02 Å². The Kier molecular flexibility index (Phi) is 1.99. The molecule has 8 heteroatoms. The number of aromatic nitrogens is 2. The summed E-state index contributed by atoms with van der Waals surface area (Å²) in [5, 5.41) is 0.784. The third-order valence-electron chi connectivity index (χ3n) is 2.46. The number of nitrogens with zero attached hydrogens (tertiary/aromatic N) is 2. The van der Waals surface area contributed by atoms with Crippen molar-refractivity contribution in [3.63, 3.8) is 0 Å². The highest BCUT2D eigenvalue weighted by Crippen LogP contribution is 2.20. The molecule has 0 saturated carbocycles. The van der Waals surface area contributed by atoms with E-state index in [0.29, 0.717) is 15.9 Å². The van der Waals surface area contributed by atoms with Gasteiger partial charge in [0.05, 0.1) is 10.9 Å². The van der Waals surface area contributed by atoms with Gasteiger partial charge in [0.25, 0.3) is 15.6 Å². The fourth-order valence-corrected chi connectivity index (χ4v) is 2.98. The third kappa shape index (κ3) is 1.58. The van der Waals surface area contributed by atoms with Crippen molar-refractivity contribution in [2.24, 2.45) is 0 Å². The normalized spacial score (nSPS) is 16.8. The molecule has 1 N–H and O–H groups in total. The largest absolute Gasteiger partial charge is 0.268 e. The summed E-state index contributed by atoms with van der Waals surface area (Å²) in [6.45, 7) is 0. The van der Waals surface area contributed by atoms with Crippen molar-refractivity contribution in [2.45, 2.75) is 5.88 Å². The molecule has 1 aliphatic rings. The minimum absolute atomic E-state index is 0.0322. The first-order valence-electron chi connectivity index (χ1n) is 4.67. The van der Waals surface area contributed by atoms with Gasteiger partial charge in [-0.1, -0.05) is 11.6 Å². The van der Waals surface area contributed by atoms with E-state index in [1.165, 1.54) is 12.1 Å². The molecule has 1 aliphatic heterocycles. The molecule has 0 fully saturated rings. The van der Waals surface area contributed by atoms with Crippen molar-refractivity contribution in [1.29, 1.82) is 0 Å². The topological polar surface area (TPSA) is 81.1 Å². The number of anilines is 1. The second kappa shape index (κ2) is 3.21. The molecule has 2 heterocycles. The van der Waals surface area contributed by atoms with Crippen LogP contribution in [0.1, 0.15) is 0 Å². The molecule has 3 rings (SSSR count). The molecule has 1 aromatic carbocycles. The number of hydrogen-bond acceptors (Lipinski definition) is 4. The summed E-state index contributed by atoms with van der Waals surface area (Å²) in [6.07, 6.45) is 0. The van der Waals surface area contributed by atoms with Crippen LogP contribution in [-0.2, 0) is 15.9 Å². The number of halogens is 1. The molecule has 0 aliphatic carbocycles. The first-order chi connectivity index (χ1) is 7.96. The molecule has 0 atom stereocenters. The van der Waals surface area contributed by atoms with Crippen molar-refractivity contribution < 1.29 is 8.42 Å². The first kappa shape index (κ1) is 10.5. The van der Waals surface area contributed by atoms with Crippen LogP contribution >= 0.6 is 11.6 Å². The van der Waals surface area contributed by atoms with E-state index in [2.05, 4.69) is 9.71 Å². The highest BCUT2D eigenvalue weighted by Gasteiger charge is 2.26. The summed E-state index contributed by atoms with van der Waals surface area (Å²) in [5.74, 6) is -0.364. The Labute approximate surface area is 101 Å². The van der Waals surface area contributed by atoms with E-state index < -0.39 is 21.5 Å². The Balaban J connectivity index is 2.42. The zero-order valence-electron chi connectivity index (χ0n) is 8.34. The fourth-order valence-electron chi connectivity index (χ4n) is 1.73. The third-order valence-corrected chi connectivity index (χ3v) is 3.79. The van der Waals surface area contributed by atoms with Gasteiger partial charge in [-0.25, -0.2) is 13.4 Å². The van der Waals surface area contributed by atoms with Crippen molar-refractivity contribution in [3.8, 4) is 0 Å². The highest BCUT2D eigenvalue weighted by atomic mass is 35.5. The van der Waals surface area contributed by atoms with Crippen LogP contribution in [0.2, 0.25) is 5.02 Å². The lowest BCUT2D eigenvalue weighted by Gasteiger charge is -2.02. The lowest BCUT2D eigenvalue weighted by Crippen LogP contribution is -2.19. The average Bonchev–Trinajstić information content (AvgIpc) is 2.53. The summed E-state index contributed by atoms with van der Waals surface area (Å²) in [7, 11) is -3.50. The molecule has 0 amide bonds. The van der Waals surface area contributed by atoms with Gasteiger partial charge < -0.3 is 0 Å². The van der Waals surface area contributed by atoms with Gasteiger partial charge in [-0.2, -0.15) is 0 Å². The first-order valence-corrected chi connectivity index (χ1v) is 6.70. The van der Waals surface area contributed by atoms with Crippen molar-refractivity contribution in [3.05, 3.63) is 33.6 Å². The number of rotatable bonds is 0. The summed E-state index contributed by atoms with van der Waals surface area (Å²) in [6, 6.07) is 4.62. The van der Waals surface area contributed by atoms with Gasteiger partial charge in [0.2, 0.25) is 5.95 Å². The quantitative estimate of drug-likeness (QED) is 0.767. The SMILES string of the molecule is O=c1c2ccc(Cl)cc2nc2n1CS(=O)(=O)N2. The lowest BCUT2D eigenvalue weighted by molar-refractivity contribution is 0.595. The van der Waals surface area contributed by atoms with Gasteiger partial charge in [0.1, 0.15) is 0 Å². The van der Waals surface area contributed by atoms with Crippen LogP contribution in [0.3, 0.4) is 0 Å². The molecule has 0 unspecified atom stereocenters. The summed E-state index contributed by atoms with van der Waals surface area (Å²) >= 11 is 5.79. The minimum atomic E-state index is -3.50. The maximum atomic E-state index is 12.0. The van der Waals surface area contributed by atoms with Crippen LogP contribution in [0.5, 0.6) is 0 Å². The van der Waals surface area contributed by atoms with E-state index in [1.807, 2.05) is 0 Å². The molecule has 2 aromatic rings. The van der Waals surface area contributed by atoms with Gasteiger partial charge in [0.15, 0.2) is 5.88 Å². The number of fused-ring (bicyclic) bond motifs is 2. The van der Waals surface area contributed by atoms with Crippen molar-refractivity contribution in [1.82, 2.24) is 9.55 Å². The lowest BCUT2D eigenvalue weighted by atomic mass is 10.2. The monoisotopic (exact) mass is 271 g/mol. The van der Waals surface area contributed by atoms with Crippen LogP contribution in [0.15, 0.2) is 23.0 Å². The van der Waals surface area contributed by atoms with Gasteiger partial charge >= 0.3 is 0 Å². The molecule has 0 spiro atoms. The van der Waals surface area contributed by atoms with Crippen LogP contribution in [-0.4, -0.2) is 18.0 Å². The predicted molar refractivity (Wildman–Crippen MR) is 63.6 cm³/mol. The second-order valence-corrected chi connectivity index (χ2v) is 5.80. The molecular formula is C9H6ClN3O3S. The van der Waals surface area contributed by atoms with E-state index in [-0.39, 0.29) is 5.95 Å². The Morgan fingerprint density at radius 3 is 2.94 bits per heavy atom. The summed E-state index contributed by atoms with van der Waals surface area (Å²) < 4.78 is 26.0. The molecule has 6 nitrogen and oxygen atoms in total. The smallest absolute Gasteiger partial charge is 0.263 e. The second-order valence-electron chi connectivity index (χ2n) is 3.68. The summed E-state index contributed by atoms with van der Waals surface area (Å²) in [5.41, 5.74) is -0.0198. The average molecular weight is 272 g/mol. The standard InChI is InChI=1S/C9H6ClN3O3S/c10-5-1-2-6-7(3-5)11-9-12-17(15,16)4-13(9)8(6)14/h1-3H,4H2,(H,11,12). The number of sulfonamides is 1. The van der Waals surface area contributed by atoms with E-state index in [1.54, 1.807) is 6.07 Å². The Hall–Kier alpha value is -1.60. The van der Waals surface area contributed by atoms with Gasteiger partial charge in [-0.15, -0.1) is 0 Å². The molecule has 0 radical (unpaired) electrons. The van der Waals surface area contributed by atoms with Gasteiger partial charge in [-0.3, -0.25) is 14.1 Å². The molecule has 17 heavy (non-hydrogen) atoms. The van der Waals surface area contributed by atoms with Crippen LogP contribution in [0.4, 0.5) is 5.95 Å². The fraction of sp³-hybridized carbons (Fsp3) is 0.111. The van der Waals surface area contributed by atoms with Crippen molar-refractivity contribution >= 4 is 38.5 Å². The Bertz CT molecular complexity index is 797.